The fourth-order valence-corrected chi connectivity index (χ4v) is 5.18. The number of carbonyl (C=O) groups is 1. The van der Waals surface area contributed by atoms with Crippen LogP contribution in [0.4, 0.5) is 9.52 Å². The standard InChI is InChI=1S/C25H26FN5O2S/c1-17-23-24(31(29-17)21-9-7-19(26)8-10-21)28-25(34-23)30-13-11-20(12-14-30)27-22(32)16-33-15-18-5-3-2-4-6-18/h2-10,20H,11-16H2,1H3,(H,27,32). The van der Waals surface area contributed by atoms with Crippen LogP contribution < -0.4 is 10.2 Å². The predicted octanol–water partition coefficient (Wildman–Crippen LogP) is 4.23. The van der Waals surface area contributed by atoms with Crippen LogP contribution in [0.1, 0.15) is 24.1 Å². The van der Waals surface area contributed by atoms with E-state index in [9.17, 15) is 9.18 Å². The monoisotopic (exact) mass is 479 g/mol. The number of hydrogen-bond donors (Lipinski definition) is 1. The highest BCUT2D eigenvalue weighted by molar-refractivity contribution is 7.22. The second-order valence-electron chi connectivity index (χ2n) is 8.43. The van der Waals surface area contributed by atoms with Crippen molar-refractivity contribution in [3.8, 4) is 5.69 Å². The highest BCUT2D eigenvalue weighted by Crippen LogP contribution is 2.33. The molecule has 1 N–H and O–H groups in total. The van der Waals surface area contributed by atoms with Crippen LogP contribution in [0.2, 0.25) is 0 Å². The molecular formula is C25H26FN5O2S. The van der Waals surface area contributed by atoms with E-state index in [1.54, 1.807) is 28.2 Å². The minimum Gasteiger partial charge on any atom is -0.367 e. The summed E-state index contributed by atoms with van der Waals surface area (Å²) in [7, 11) is 0. The molecule has 1 fully saturated rings. The average molecular weight is 480 g/mol. The minimum absolute atomic E-state index is 0.0616. The van der Waals surface area contributed by atoms with Crippen molar-refractivity contribution in [2.24, 2.45) is 0 Å². The zero-order valence-electron chi connectivity index (χ0n) is 18.9. The first kappa shape index (κ1) is 22.5. The van der Waals surface area contributed by atoms with Crippen molar-refractivity contribution in [3.63, 3.8) is 0 Å². The van der Waals surface area contributed by atoms with Crippen molar-refractivity contribution in [1.82, 2.24) is 20.1 Å². The van der Waals surface area contributed by atoms with Gasteiger partial charge in [0.15, 0.2) is 10.8 Å². The van der Waals surface area contributed by atoms with Gasteiger partial charge in [0.25, 0.3) is 0 Å². The number of nitrogens with zero attached hydrogens (tertiary/aromatic N) is 4. The van der Waals surface area contributed by atoms with Crippen molar-refractivity contribution in [2.45, 2.75) is 32.4 Å². The third-order valence-corrected chi connectivity index (χ3v) is 7.14. The molecule has 9 heteroatoms. The summed E-state index contributed by atoms with van der Waals surface area (Å²) in [6.07, 6.45) is 1.70. The van der Waals surface area contributed by atoms with Gasteiger partial charge in [0.05, 0.1) is 22.7 Å². The van der Waals surface area contributed by atoms with Crippen molar-refractivity contribution < 1.29 is 13.9 Å². The fraction of sp³-hybridized carbons (Fsp3) is 0.320. The summed E-state index contributed by atoms with van der Waals surface area (Å²) in [5, 5.41) is 8.63. The van der Waals surface area contributed by atoms with Gasteiger partial charge in [-0.25, -0.2) is 9.07 Å². The number of halogens is 1. The van der Waals surface area contributed by atoms with Crippen molar-refractivity contribution >= 4 is 32.7 Å². The number of fused-ring (bicyclic) bond motifs is 1. The van der Waals surface area contributed by atoms with E-state index in [0.29, 0.717) is 6.61 Å². The highest BCUT2D eigenvalue weighted by Gasteiger charge is 2.24. The maximum atomic E-state index is 13.3. The van der Waals surface area contributed by atoms with Gasteiger partial charge in [0.2, 0.25) is 5.91 Å². The van der Waals surface area contributed by atoms with Crippen LogP contribution in [0.5, 0.6) is 0 Å². The maximum absolute atomic E-state index is 13.3. The number of anilines is 1. The Morgan fingerprint density at radius 3 is 2.62 bits per heavy atom. The molecule has 2 aromatic heterocycles. The summed E-state index contributed by atoms with van der Waals surface area (Å²) >= 11 is 1.62. The van der Waals surface area contributed by atoms with E-state index in [1.807, 2.05) is 37.3 Å². The summed E-state index contributed by atoms with van der Waals surface area (Å²) in [5.41, 5.74) is 3.53. The number of amides is 1. The number of thiazole rings is 1. The number of rotatable bonds is 7. The van der Waals surface area contributed by atoms with Gasteiger partial charge in [-0.15, -0.1) is 0 Å². The van der Waals surface area contributed by atoms with Crippen LogP contribution in [0.15, 0.2) is 54.6 Å². The largest absolute Gasteiger partial charge is 0.367 e. The average Bonchev–Trinajstić information content (AvgIpc) is 3.41. The summed E-state index contributed by atoms with van der Waals surface area (Å²) < 4.78 is 21.7. The number of hydrogen-bond acceptors (Lipinski definition) is 6. The summed E-state index contributed by atoms with van der Waals surface area (Å²) in [4.78, 5) is 19.4. The quantitative estimate of drug-likeness (QED) is 0.430. The first-order chi connectivity index (χ1) is 16.6. The normalized spacial score (nSPS) is 14.6. The lowest BCUT2D eigenvalue weighted by Gasteiger charge is -2.32. The number of aromatic nitrogens is 3. The second kappa shape index (κ2) is 9.90. The highest BCUT2D eigenvalue weighted by atomic mass is 32.1. The molecule has 3 heterocycles. The third kappa shape index (κ3) is 4.95. The lowest BCUT2D eigenvalue weighted by atomic mass is 10.1. The molecule has 0 unspecified atom stereocenters. The molecule has 1 aliphatic rings. The first-order valence-corrected chi connectivity index (χ1v) is 12.2. The first-order valence-electron chi connectivity index (χ1n) is 11.3. The van der Waals surface area contributed by atoms with Gasteiger partial charge in [-0.1, -0.05) is 41.7 Å². The van der Waals surface area contributed by atoms with Crippen molar-refractivity contribution in [1.29, 1.82) is 0 Å². The van der Waals surface area contributed by atoms with Gasteiger partial charge in [-0.05, 0) is 49.6 Å². The van der Waals surface area contributed by atoms with E-state index in [4.69, 9.17) is 9.72 Å². The molecule has 5 rings (SSSR count). The molecule has 7 nitrogen and oxygen atoms in total. The summed E-state index contributed by atoms with van der Waals surface area (Å²) in [5.74, 6) is -0.357. The molecule has 0 aliphatic carbocycles. The molecule has 0 spiro atoms. The Hall–Kier alpha value is -3.30. The Balaban J connectivity index is 1.16. The van der Waals surface area contributed by atoms with E-state index >= 15 is 0 Å². The number of benzene rings is 2. The number of ether oxygens (including phenoxy) is 1. The number of aryl methyl sites for hydroxylation is 1. The van der Waals surface area contributed by atoms with Gasteiger partial charge in [-0.3, -0.25) is 4.79 Å². The van der Waals surface area contributed by atoms with Crippen LogP contribution >= 0.6 is 11.3 Å². The third-order valence-electron chi connectivity index (χ3n) is 5.92. The maximum Gasteiger partial charge on any atom is 0.246 e. The zero-order valence-corrected chi connectivity index (χ0v) is 19.7. The Morgan fingerprint density at radius 1 is 1.15 bits per heavy atom. The number of nitrogens with one attached hydrogen (secondary N) is 1. The van der Waals surface area contributed by atoms with E-state index in [0.717, 1.165) is 58.4 Å². The Bertz CT molecular complexity index is 1260. The molecule has 0 saturated carbocycles. The molecular weight excluding hydrogens is 453 g/mol. The van der Waals surface area contributed by atoms with Crippen molar-refractivity contribution in [3.05, 3.63) is 71.7 Å². The molecule has 1 aliphatic heterocycles. The minimum atomic E-state index is -0.277. The molecule has 0 radical (unpaired) electrons. The van der Waals surface area contributed by atoms with E-state index in [-0.39, 0.29) is 24.4 Å². The van der Waals surface area contributed by atoms with Crippen LogP contribution in [0.3, 0.4) is 0 Å². The van der Waals surface area contributed by atoms with Crippen LogP contribution in [-0.2, 0) is 16.1 Å². The van der Waals surface area contributed by atoms with Crippen LogP contribution in [-0.4, -0.2) is 46.4 Å². The number of piperidine rings is 1. The van der Waals surface area contributed by atoms with Gasteiger partial charge < -0.3 is 15.0 Å². The Kier molecular flexibility index (Phi) is 6.55. The van der Waals surface area contributed by atoms with Crippen LogP contribution in [0.25, 0.3) is 16.0 Å². The topological polar surface area (TPSA) is 72.3 Å². The van der Waals surface area contributed by atoms with Gasteiger partial charge >= 0.3 is 0 Å². The molecule has 2 aromatic carbocycles. The fourth-order valence-electron chi connectivity index (χ4n) is 4.14. The van der Waals surface area contributed by atoms with Gasteiger partial charge in [0, 0.05) is 19.1 Å². The predicted molar refractivity (Wildman–Crippen MR) is 131 cm³/mol. The van der Waals surface area contributed by atoms with E-state index in [1.165, 1.54) is 12.1 Å². The molecule has 34 heavy (non-hydrogen) atoms. The molecule has 0 bridgehead atoms. The molecule has 176 valence electrons. The van der Waals surface area contributed by atoms with Gasteiger partial charge in [-0.2, -0.15) is 10.1 Å². The smallest absolute Gasteiger partial charge is 0.246 e. The molecule has 1 amide bonds. The SMILES string of the molecule is Cc1nn(-c2ccc(F)cc2)c2nc(N3CCC(NC(=O)COCc4ccccc4)CC3)sc12. The Morgan fingerprint density at radius 2 is 1.88 bits per heavy atom. The Labute approximate surface area is 201 Å². The van der Waals surface area contributed by atoms with Gasteiger partial charge in [0.1, 0.15) is 12.4 Å². The van der Waals surface area contributed by atoms with Crippen LogP contribution in [0, 0.1) is 12.7 Å². The van der Waals surface area contributed by atoms with Crippen molar-refractivity contribution in [2.75, 3.05) is 24.6 Å². The summed E-state index contributed by atoms with van der Waals surface area (Å²) in [6.45, 7) is 4.08. The molecule has 0 atom stereocenters. The second-order valence-corrected chi connectivity index (χ2v) is 9.41. The van der Waals surface area contributed by atoms with E-state index in [2.05, 4.69) is 15.3 Å². The molecule has 1 saturated heterocycles. The lowest BCUT2D eigenvalue weighted by molar-refractivity contribution is -0.126. The van der Waals surface area contributed by atoms with E-state index < -0.39 is 0 Å². The lowest BCUT2D eigenvalue weighted by Crippen LogP contribution is -2.45. The molecule has 4 aromatic rings. The zero-order chi connectivity index (χ0) is 23.5. The number of carbonyl (C=O) groups excluding carboxylic acids is 1. The summed E-state index contributed by atoms with van der Waals surface area (Å²) in [6, 6.07) is 16.2.